The lowest BCUT2D eigenvalue weighted by Crippen LogP contribution is -2.44. The zero-order chi connectivity index (χ0) is 25.2. The van der Waals surface area contributed by atoms with Gasteiger partial charge in [-0.15, -0.1) is 0 Å². The molecule has 0 spiro atoms. The van der Waals surface area contributed by atoms with E-state index in [-0.39, 0.29) is 0 Å². The van der Waals surface area contributed by atoms with E-state index in [0.29, 0.717) is 12.1 Å². The molecule has 9 heteroatoms. The van der Waals surface area contributed by atoms with Gasteiger partial charge in [0.25, 0.3) is 0 Å². The number of nitrogens with one attached hydrogen (secondary N) is 1. The number of H-pyrrole nitrogens is 1. The maximum Gasteiger partial charge on any atom is 0.164 e. The van der Waals surface area contributed by atoms with Crippen LogP contribution in [0.1, 0.15) is 6.42 Å². The Kier molecular flexibility index (Phi) is 4.62. The number of likely N-dealkylation sites (N-methyl/N-ethyl adjacent to an activating group) is 1. The Balaban J connectivity index is 1.28. The van der Waals surface area contributed by atoms with E-state index in [1.54, 1.807) is 12.4 Å². The van der Waals surface area contributed by atoms with Gasteiger partial charge in [0.2, 0.25) is 0 Å². The number of hydrogen-bond acceptors (Lipinski definition) is 7. The summed E-state index contributed by atoms with van der Waals surface area (Å²) in [7, 11) is 2.22. The van der Waals surface area contributed by atoms with E-state index >= 15 is 0 Å². The number of rotatable bonds is 4. The lowest BCUT2D eigenvalue weighted by molar-refractivity contribution is 0.292. The molecule has 186 valence electrons. The van der Waals surface area contributed by atoms with Crippen molar-refractivity contribution in [3.05, 3.63) is 79.5 Å². The summed E-state index contributed by atoms with van der Waals surface area (Å²) in [6, 6.07) is 17.6. The third kappa shape index (κ3) is 3.18. The topological polar surface area (TPSA) is 91.1 Å². The Morgan fingerprint density at radius 2 is 1.79 bits per heavy atom. The molecule has 8 rings (SSSR count). The zero-order valence-corrected chi connectivity index (χ0v) is 20.9. The molecule has 38 heavy (non-hydrogen) atoms. The van der Waals surface area contributed by atoms with Crippen LogP contribution in [-0.2, 0) is 0 Å². The summed E-state index contributed by atoms with van der Waals surface area (Å²) in [6.07, 6.45) is 10.5. The van der Waals surface area contributed by atoms with Crippen LogP contribution >= 0.6 is 0 Å². The van der Waals surface area contributed by atoms with Crippen molar-refractivity contribution in [2.75, 3.05) is 25.0 Å². The lowest BCUT2D eigenvalue weighted by Gasteiger charge is -2.32. The van der Waals surface area contributed by atoms with Crippen molar-refractivity contribution in [3.63, 3.8) is 0 Å². The highest BCUT2D eigenvalue weighted by molar-refractivity contribution is 6.02. The molecule has 0 aliphatic carbocycles. The third-order valence-electron chi connectivity index (χ3n) is 8.08. The molecule has 2 fully saturated rings. The van der Waals surface area contributed by atoms with Gasteiger partial charge in [-0.2, -0.15) is 10.2 Å². The van der Waals surface area contributed by atoms with Gasteiger partial charge in [-0.05, 0) is 55.4 Å². The van der Waals surface area contributed by atoms with Crippen LogP contribution < -0.4 is 4.90 Å². The molecule has 5 aromatic heterocycles. The fourth-order valence-electron chi connectivity index (χ4n) is 6.16. The van der Waals surface area contributed by atoms with Crippen LogP contribution in [0.5, 0.6) is 0 Å². The van der Waals surface area contributed by atoms with Crippen molar-refractivity contribution in [2.45, 2.75) is 18.5 Å². The highest BCUT2D eigenvalue weighted by Crippen LogP contribution is 2.39. The first-order valence-corrected chi connectivity index (χ1v) is 12.9. The Hall–Kier alpha value is -4.63. The molecule has 0 saturated carbocycles. The third-order valence-corrected chi connectivity index (χ3v) is 8.08. The van der Waals surface area contributed by atoms with Crippen LogP contribution in [0.3, 0.4) is 0 Å². The minimum atomic E-state index is 0.554. The highest BCUT2D eigenvalue weighted by atomic mass is 15.4. The molecule has 0 radical (unpaired) electrons. The van der Waals surface area contributed by atoms with Crippen molar-refractivity contribution in [3.8, 4) is 33.6 Å². The normalized spacial score (nSPS) is 19.2. The van der Waals surface area contributed by atoms with E-state index in [1.165, 1.54) is 6.42 Å². The molecule has 9 nitrogen and oxygen atoms in total. The van der Waals surface area contributed by atoms with Crippen LogP contribution in [0.4, 0.5) is 5.82 Å². The summed E-state index contributed by atoms with van der Waals surface area (Å²) in [6.45, 7) is 2.15. The minimum absolute atomic E-state index is 0.554. The monoisotopic (exact) mass is 499 g/mol. The van der Waals surface area contributed by atoms with Gasteiger partial charge in [0.15, 0.2) is 5.65 Å². The average molecular weight is 500 g/mol. The van der Waals surface area contributed by atoms with Crippen molar-refractivity contribution < 1.29 is 0 Å². The van der Waals surface area contributed by atoms with E-state index in [2.05, 4.69) is 50.2 Å². The van der Waals surface area contributed by atoms with Gasteiger partial charge in [-0.25, -0.2) is 14.5 Å². The number of benzene rings is 1. The quantitative estimate of drug-likeness (QED) is 0.387. The molecule has 2 aliphatic heterocycles. The largest absolute Gasteiger partial charge is 0.351 e. The smallest absolute Gasteiger partial charge is 0.164 e. The minimum Gasteiger partial charge on any atom is -0.351 e. The number of pyridine rings is 2. The molecule has 2 saturated heterocycles. The molecular formula is C29H25N9. The summed E-state index contributed by atoms with van der Waals surface area (Å²) in [4.78, 5) is 18.8. The number of nitrogens with zero attached hydrogens (tertiary/aromatic N) is 8. The van der Waals surface area contributed by atoms with Crippen molar-refractivity contribution in [1.82, 2.24) is 39.7 Å². The first kappa shape index (κ1) is 21.5. The molecular weight excluding hydrogens is 474 g/mol. The Bertz CT molecular complexity index is 1790. The first-order valence-electron chi connectivity index (χ1n) is 12.9. The molecule has 7 heterocycles. The molecule has 0 amide bonds. The van der Waals surface area contributed by atoms with Crippen molar-refractivity contribution in [2.24, 2.45) is 0 Å². The predicted octanol–water partition coefficient (Wildman–Crippen LogP) is 4.29. The van der Waals surface area contributed by atoms with Gasteiger partial charge >= 0.3 is 0 Å². The Labute approximate surface area is 218 Å². The van der Waals surface area contributed by atoms with E-state index in [4.69, 9.17) is 15.1 Å². The number of aromatic amines is 1. The zero-order valence-electron chi connectivity index (χ0n) is 20.9. The van der Waals surface area contributed by atoms with Gasteiger partial charge in [0, 0.05) is 66.5 Å². The fraction of sp³-hybridized carbons (Fsp3) is 0.207. The second-order valence-corrected chi connectivity index (χ2v) is 10.2. The molecule has 1 aromatic carbocycles. The van der Waals surface area contributed by atoms with Gasteiger partial charge in [-0.3, -0.25) is 15.0 Å². The summed E-state index contributed by atoms with van der Waals surface area (Å²) >= 11 is 0. The second kappa shape index (κ2) is 8.19. The van der Waals surface area contributed by atoms with Crippen LogP contribution in [0.15, 0.2) is 79.5 Å². The summed E-state index contributed by atoms with van der Waals surface area (Å²) < 4.78 is 1.94. The summed E-state index contributed by atoms with van der Waals surface area (Å²) in [5, 5.41) is 13.5. The molecule has 6 aromatic rings. The first-order chi connectivity index (χ1) is 18.7. The number of likely N-dealkylation sites (tertiary alicyclic amines) is 1. The maximum atomic E-state index is 5.12. The van der Waals surface area contributed by atoms with Crippen molar-refractivity contribution >= 4 is 22.4 Å². The second-order valence-electron chi connectivity index (χ2n) is 10.2. The molecule has 2 atom stereocenters. The van der Waals surface area contributed by atoms with E-state index in [0.717, 1.165) is 69.1 Å². The van der Waals surface area contributed by atoms with Gasteiger partial charge in [-0.1, -0.05) is 12.1 Å². The fourth-order valence-corrected chi connectivity index (χ4v) is 6.16. The molecule has 2 bridgehead atoms. The van der Waals surface area contributed by atoms with E-state index < -0.39 is 0 Å². The van der Waals surface area contributed by atoms with Gasteiger partial charge < -0.3 is 4.90 Å². The summed E-state index contributed by atoms with van der Waals surface area (Å²) in [5.41, 5.74) is 7.53. The number of anilines is 1. The van der Waals surface area contributed by atoms with Crippen LogP contribution in [-0.4, -0.2) is 71.9 Å². The molecule has 1 N–H and O–H groups in total. The standard InChI is InChI=1S/C29H25N9/c1-36-16-21-13-20(36)17-37(21)26-6-5-19(14-32-26)25-9-12-31-29-27(22-3-2-4-24-23(22)15-33-34-24)28(35-38(25)29)18-7-10-30-11-8-18/h2-12,14-15,20-21H,13,16-17H2,1H3,(H,33,34)/t20-,21-/m0/s1. The number of hydrogen-bond donors (Lipinski definition) is 1. The van der Waals surface area contributed by atoms with E-state index in [9.17, 15) is 0 Å². The Morgan fingerprint density at radius 1 is 0.868 bits per heavy atom. The number of aromatic nitrogens is 7. The van der Waals surface area contributed by atoms with Gasteiger partial charge in [0.05, 0.1) is 23.0 Å². The van der Waals surface area contributed by atoms with Gasteiger partial charge in [0.1, 0.15) is 11.5 Å². The highest BCUT2D eigenvalue weighted by Gasteiger charge is 2.41. The number of piperazine rings is 1. The maximum absolute atomic E-state index is 5.12. The van der Waals surface area contributed by atoms with E-state index in [1.807, 2.05) is 53.4 Å². The van der Waals surface area contributed by atoms with Crippen molar-refractivity contribution in [1.29, 1.82) is 0 Å². The summed E-state index contributed by atoms with van der Waals surface area (Å²) in [5.74, 6) is 1.05. The molecule has 0 unspecified atom stereocenters. The Morgan fingerprint density at radius 3 is 2.58 bits per heavy atom. The molecule has 2 aliphatic rings. The predicted molar refractivity (Wildman–Crippen MR) is 147 cm³/mol. The number of fused-ring (bicyclic) bond motifs is 4. The van der Waals surface area contributed by atoms with Crippen LogP contribution in [0.2, 0.25) is 0 Å². The van der Waals surface area contributed by atoms with Crippen LogP contribution in [0, 0.1) is 0 Å². The SMILES string of the molecule is CN1C[C@@H]2C[C@H]1CN2c1ccc(-c2ccnc3c(-c4cccc5[nH]ncc45)c(-c4ccncc4)nn23)cn1. The van der Waals surface area contributed by atoms with Crippen LogP contribution in [0.25, 0.3) is 50.2 Å². The lowest BCUT2D eigenvalue weighted by atomic mass is 9.99. The average Bonchev–Trinajstić information content (AvgIpc) is 3.75.